The Labute approximate surface area is 137 Å². The maximum absolute atomic E-state index is 12.9. The van der Waals surface area contributed by atoms with Crippen LogP contribution >= 0.6 is 11.6 Å². The molecule has 9 heteroatoms. The zero-order valence-corrected chi connectivity index (χ0v) is 13.1. The Kier molecular flexibility index (Phi) is 4.86. The van der Waals surface area contributed by atoms with Gasteiger partial charge in [0.25, 0.3) is 5.24 Å². The monoisotopic (exact) mass is 330 g/mol. The summed E-state index contributed by atoms with van der Waals surface area (Å²) in [6.45, 7) is 3.04. The van der Waals surface area contributed by atoms with Crippen molar-refractivity contribution < 1.29 is 9.59 Å². The fourth-order valence-electron chi connectivity index (χ4n) is 2.48. The SMILES string of the molecule is CCC(C(=O)C(C#N)(C#N)C1(CC)N=N1)C(C#N)(C#N)C(=O)Cl. The number of Topliss-reactive ketones (excluding diaryl/α,β-unsaturated/α-hetero) is 1. The molecule has 0 fully saturated rings. The molecule has 1 rings (SSSR count). The van der Waals surface area contributed by atoms with Crippen molar-refractivity contribution >= 4 is 22.6 Å². The van der Waals surface area contributed by atoms with Crippen molar-refractivity contribution in [3.05, 3.63) is 0 Å². The predicted octanol–water partition coefficient (Wildman–Crippen LogP) is 1.99. The first-order chi connectivity index (χ1) is 10.8. The number of carbonyl (C=O) groups is 2. The van der Waals surface area contributed by atoms with Gasteiger partial charge in [-0.05, 0) is 24.4 Å². The van der Waals surface area contributed by atoms with Gasteiger partial charge < -0.3 is 0 Å². The molecule has 0 spiro atoms. The fraction of sp³-hybridized carbons (Fsp3) is 0.571. The highest BCUT2D eigenvalue weighted by molar-refractivity contribution is 6.65. The van der Waals surface area contributed by atoms with Gasteiger partial charge >= 0.3 is 0 Å². The number of rotatable bonds is 7. The zero-order chi connectivity index (χ0) is 17.9. The lowest BCUT2D eigenvalue weighted by Gasteiger charge is -2.30. The molecule has 1 heterocycles. The van der Waals surface area contributed by atoms with Gasteiger partial charge in [-0.3, -0.25) is 9.59 Å². The van der Waals surface area contributed by atoms with E-state index in [1.807, 2.05) is 0 Å². The van der Waals surface area contributed by atoms with E-state index in [0.29, 0.717) is 0 Å². The molecule has 0 aromatic carbocycles. The molecule has 116 valence electrons. The van der Waals surface area contributed by atoms with Crippen molar-refractivity contribution in [2.24, 2.45) is 27.0 Å². The minimum Gasteiger partial charge on any atom is -0.296 e. The number of ketones is 1. The molecular formula is C14H11ClN6O2. The number of nitriles is 4. The normalized spacial score (nSPS) is 16.1. The van der Waals surface area contributed by atoms with Gasteiger partial charge in [0.05, 0.1) is 30.2 Å². The number of halogens is 1. The first kappa shape index (κ1) is 18.2. The van der Waals surface area contributed by atoms with E-state index in [4.69, 9.17) is 11.6 Å². The molecular weight excluding hydrogens is 320 g/mol. The van der Waals surface area contributed by atoms with Crippen LogP contribution in [-0.4, -0.2) is 16.7 Å². The molecule has 0 saturated carbocycles. The van der Waals surface area contributed by atoms with Crippen LogP contribution in [0.2, 0.25) is 0 Å². The Morgan fingerprint density at radius 1 is 1.09 bits per heavy atom. The summed E-state index contributed by atoms with van der Waals surface area (Å²) in [4.78, 5) is 24.5. The van der Waals surface area contributed by atoms with Crippen LogP contribution in [0.25, 0.3) is 0 Å². The lowest BCUT2D eigenvalue weighted by Crippen LogP contribution is -2.51. The Morgan fingerprint density at radius 3 is 1.78 bits per heavy atom. The molecule has 23 heavy (non-hydrogen) atoms. The summed E-state index contributed by atoms with van der Waals surface area (Å²) in [5.41, 5.74) is -6.32. The minimum absolute atomic E-state index is 0.108. The number of hydrogen-bond donors (Lipinski definition) is 0. The summed E-state index contributed by atoms with van der Waals surface area (Å²) in [5, 5.41) is 43.4. The molecule has 1 aliphatic heterocycles. The summed E-state index contributed by atoms with van der Waals surface area (Å²) in [6, 6.07) is 6.17. The largest absolute Gasteiger partial charge is 0.296 e. The lowest BCUT2D eigenvalue weighted by molar-refractivity contribution is -0.135. The van der Waals surface area contributed by atoms with Gasteiger partial charge in [0.15, 0.2) is 5.78 Å². The average molecular weight is 331 g/mol. The molecule has 1 atom stereocenters. The van der Waals surface area contributed by atoms with E-state index in [0.717, 1.165) is 0 Å². The molecule has 1 unspecified atom stereocenters. The highest BCUT2D eigenvalue weighted by atomic mass is 35.5. The van der Waals surface area contributed by atoms with Crippen molar-refractivity contribution in [1.29, 1.82) is 21.0 Å². The van der Waals surface area contributed by atoms with E-state index in [1.165, 1.54) is 19.1 Å². The third-order valence-corrected chi connectivity index (χ3v) is 4.35. The van der Waals surface area contributed by atoms with Crippen molar-refractivity contribution in [3.63, 3.8) is 0 Å². The van der Waals surface area contributed by atoms with Gasteiger partial charge in [-0.2, -0.15) is 31.3 Å². The van der Waals surface area contributed by atoms with Crippen LogP contribution in [0.1, 0.15) is 26.7 Å². The Bertz CT molecular complexity index is 711. The van der Waals surface area contributed by atoms with E-state index in [2.05, 4.69) is 10.2 Å². The highest BCUT2D eigenvalue weighted by Crippen LogP contribution is 2.51. The summed E-state index contributed by atoms with van der Waals surface area (Å²) in [5.74, 6) is -2.59. The van der Waals surface area contributed by atoms with Gasteiger partial charge in [-0.25, -0.2) is 0 Å². The Balaban J connectivity index is 3.54. The fourth-order valence-corrected chi connectivity index (χ4v) is 2.70. The lowest BCUT2D eigenvalue weighted by atomic mass is 9.64. The molecule has 8 nitrogen and oxygen atoms in total. The van der Waals surface area contributed by atoms with Crippen LogP contribution in [0.3, 0.4) is 0 Å². The molecule has 0 amide bonds. The third-order valence-electron chi connectivity index (χ3n) is 4.05. The molecule has 1 aliphatic rings. The second kappa shape index (κ2) is 6.13. The van der Waals surface area contributed by atoms with Gasteiger partial charge in [0.1, 0.15) is 0 Å². The molecule has 0 radical (unpaired) electrons. The molecule has 0 bridgehead atoms. The van der Waals surface area contributed by atoms with Crippen molar-refractivity contribution in [2.45, 2.75) is 32.4 Å². The van der Waals surface area contributed by atoms with Crippen LogP contribution in [0.4, 0.5) is 0 Å². The summed E-state index contributed by atoms with van der Waals surface area (Å²) < 4.78 is 0. The summed E-state index contributed by atoms with van der Waals surface area (Å²) in [6.07, 6.45) is -0.0272. The van der Waals surface area contributed by atoms with Crippen LogP contribution in [-0.2, 0) is 9.59 Å². The number of nitrogens with zero attached hydrogens (tertiary/aromatic N) is 6. The second-order valence-electron chi connectivity index (χ2n) is 4.97. The topological polar surface area (TPSA) is 154 Å². The van der Waals surface area contributed by atoms with Gasteiger partial charge in [0, 0.05) is 0 Å². The van der Waals surface area contributed by atoms with Crippen molar-refractivity contribution in [1.82, 2.24) is 0 Å². The Morgan fingerprint density at radius 2 is 1.57 bits per heavy atom. The van der Waals surface area contributed by atoms with Crippen LogP contribution in [0.5, 0.6) is 0 Å². The van der Waals surface area contributed by atoms with E-state index < -0.39 is 33.4 Å². The standard InChI is InChI=1S/C14H11ClN6O2/c1-3-9(12(5-16,6-17)11(15)23)10(22)13(7-18,8-19)14(4-2)20-21-14/h9H,3-4H2,1-2H3. The third kappa shape index (κ3) is 2.25. The maximum atomic E-state index is 12.9. The molecule has 0 aliphatic carbocycles. The van der Waals surface area contributed by atoms with E-state index in [1.54, 1.807) is 19.1 Å². The van der Waals surface area contributed by atoms with E-state index >= 15 is 0 Å². The first-order valence-corrected chi connectivity index (χ1v) is 7.02. The van der Waals surface area contributed by atoms with Crippen LogP contribution < -0.4 is 0 Å². The highest BCUT2D eigenvalue weighted by Gasteiger charge is 2.68. The Hall–Kier alpha value is -2.81. The smallest absolute Gasteiger partial charge is 0.257 e. The van der Waals surface area contributed by atoms with Crippen LogP contribution in [0.15, 0.2) is 10.2 Å². The van der Waals surface area contributed by atoms with Gasteiger partial charge in [-0.1, -0.05) is 13.8 Å². The van der Waals surface area contributed by atoms with Crippen molar-refractivity contribution in [2.75, 3.05) is 0 Å². The van der Waals surface area contributed by atoms with E-state index in [-0.39, 0.29) is 12.8 Å². The van der Waals surface area contributed by atoms with Crippen LogP contribution in [0, 0.1) is 62.1 Å². The maximum Gasteiger partial charge on any atom is 0.257 e. The molecule has 0 saturated heterocycles. The van der Waals surface area contributed by atoms with Gasteiger partial charge in [-0.15, -0.1) is 0 Å². The summed E-state index contributed by atoms with van der Waals surface area (Å²) in [7, 11) is 0. The quantitative estimate of drug-likeness (QED) is 0.650. The average Bonchev–Trinajstić information content (AvgIpc) is 3.35. The number of hydrogen-bond acceptors (Lipinski definition) is 8. The number of carbonyl (C=O) groups excluding carboxylic acids is 2. The van der Waals surface area contributed by atoms with Gasteiger partial charge in [0.2, 0.25) is 16.5 Å². The predicted molar refractivity (Wildman–Crippen MR) is 74.8 cm³/mol. The minimum atomic E-state index is -2.48. The first-order valence-electron chi connectivity index (χ1n) is 6.64. The zero-order valence-electron chi connectivity index (χ0n) is 12.4. The molecule has 0 aromatic rings. The second-order valence-corrected chi connectivity index (χ2v) is 5.32. The molecule has 0 aromatic heterocycles. The molecule has 0 N–H and O–H groups in total. The summed E-state index contributed by atoms with van der Waals surface area (Å²) >= 11 is 5.37. The van der Waals surface area contributed by atoms with Crippen molar-refractivity contribution in [3.8, 4) is 24.3 Å². The van der Waals surface area contributed by atoms with E-state index in [9.17, 15) is 30.6 Å².